The zero-order valence-electron chi connectivity index (χ0n) is 15.7. The summed E-state index contributed by atoms with van der Waals surface area (Å²) < 4.78 is 2.32. The van der Waals surface area contributed by atoms with Crippen LogP contribution in [0.5, 0.6) is 0 Å². The fourth-order valence-corrected chi connectivity index (χ4v) is 3.81. The molecule has 140 valence electrons. The van der Waals surface area contributed by atoms with Gasteiger partial charge in [-0.15, -0.1) is 0 Å². The standard InChI is InChI=1S/C22H26N4O/c1-15(21(23)16-8-4-2-5-9-16)22(27)24-17-11-12-19-18(14-17)25-20-10-6-3-7-13-26(19)20/h2,4-5,8-9,11-12,14-15,21H,3,6-7,10,13,23H2,1H3,(H,24,27). The van der Waals surface area contributed by atoms with Crippen molar-refractivity contribution >= 4 is 22.6 Å². The molecule has 3 N–H and O–H groups in total. The summed E-state index contributed by atoms with van der Waals surface area (Å²) in [5.74, 6) is 0.749. The molecule has 0 bridgehead atoms. The number of carbonyl (C=O) groups excluding carboxylic acids is 1. The molecular formula is C22H26N4O. The molecule has 0 saturated heterocycles. The molecule has 1 aromatic heterocycles. The van der Waals surface area contributed by atoms with Crippen LogP contribution in [0.3, 0.4) is 0 Å². The number of carbonyl (C=O) groups is 1. The number of rotatable bonds is 4. The van der Waals surface area contributed by atoms with Crippen molar-refractivity contribution in [2.75, 3.05) is 5.32 Å². The number of aryl methyl sites for hydroxylation is 2. The van der Waals surface area contributed by atoms with E-state index in [9.17, 15) is 4.79 Å². The number of aromatic nitrogens is 2. The minimum Gasteiger partial charge on any atom is -0.328 e. The van der Waals surface area contributed by atoms with Gasteiger partial charge >= 0.3 is 0 Å². The van der Waals surface area contributed by atoms with E-state index in [0.717, 1.165) is 41.1 Å². The highest BCUT2D eigenvalue weighted by molar-refractivity contribution is 5.94. The maximum atomic E-state index is 12.7. The second-order valence-electron chi connectivity index (χ2n) is 7.41. The van der Waals surface area contributed by atoms with Gasteiger partial charge in [0.25, 0.3) is 0 Å². The van der Waals surface area contributed by atoms with E-state index in [4.69, 9.17) is 10.7 Å². The molecule has 2 atom stereocenters. The number of amides is 1. The first-order valence-corrected chi connectivity index (χ1v) is 9.74. The monoisotopic (exact) mass is 362 g/mol. The van der Waals surface area contributed by atoms with Gasteiger partial charge in [-0.3, -0.25) is 4.79 Å². The van der Waals surface area contributed by atoms with Crippen LogP contribution in [0.25, 0.3) is 11.0 Å². The Morgan fingerprint density at radius 2 is 1.96 bits per heavy atom. The van der Waals surface area contributed by atoms with Crippen LogP contribution in [0.1, 0.15) is 43.6 Å². The van der Waals surface area contributed by atoms with Crippen molar-refractivity contribution in [2.45, 2.75) is 45.2 Å². The highest BCUT2D eigenvalue weighted by atomic mass is 16.1. The number of anilines is 1. The summed E-state index contributed by atoms with van der Waals surface area (Å²) in [4.78, 5) is 17.5. The summed E-state index contributed by atoms with van der Waals surface area (Å²) in [5.41, 5.74) is 10.1. The third-order valence-electron chi connectivity index (χ3n) is 5.51. The van der Waals surface area contributed by atoms with Crippen LogP contribution in [0.15, 0.2) is 48.5 Å². The first-order valence-electron chi connectivity index (χ1n) is 9.74. The van der Waals surface area contributed by atoms with Crippen molar-refractivity contribution in [3.63, 3.8) is 0 Å². The summed E-state index contributed by atoms with van der Waals surface area (Å²) in [6.07, 6.45) is 4.69. The number of nitrogens with zero attached hydrogens (tertiary/aromatic N) is 2. The van der Waals surface area contributed by atoms with Gasteiger partial charge < -0.3 is 15.6 Å². The van der Waals surface area contributed by atoms with Crippen LogP contribution in [0.2, 0.25) is 0 Å². The van der Waals surface area contributed by atoms with E-state index in [2.05, 4.69) is 16.0 Å². The maximum absolute atomic E-state index is 12.7. The number of imidazole rings is 1. The molecule has 1 aliphatic rings. The topological polar surface area (TPSA) is 72.9 Å². The third-order valence-corrected chi connectivity index (χ3v) is 5.51. The lowest BCUT2D eigenvalue weighted by Crippen LogP contribution is -2.30. The average Bonchev–Trinajstić information content (AvgIpc) is 2.87. The molecule has 1 amide bonds. The molecule has 5 nitrogen and oxygen atoms in total. The Morgan fingerprint density at radius 3 is 2.78 bits per heavy atom. The third kappa shape index (κ3) is 3.60. The molecule has 1 aliphatic heterocycles. The Morgan fingerprint density at radius 1 is 1.15 bits per heavy atom. The van der Waals surface area contributed by atoms with Crippen LogP contribution in [-0.2, 0) is 17.8 Å². The molecule has 0 fully saturated rings. The van der Waals surface area contributed by atoms with Crippen LogP contribution in [0.4, 0.5) is 5.69 Å². The van der Waals surface area contributed by atoms with Gasteiger partial charge in [0.05, 0.1) is 17.0 Å². The number of benzene rings is 2. The zero-order valence-corrected chi connectivity index (χ0v) is 15.7. The SMILES string of the molecule is CC(C(=O)Nc1ccc2c(c1)nc1n2CCCCC1)C(N)c1ccccc1. The van der Waals surface area contributed by atoms with E-state index < -0.39 is 0 Å². The molecule has 0 spiro atoms. The fourth-order valence-electron chi connectivity index (χ4n) is 3.81. The number of nitrogens with one attached hydrogen (secondary N) is 1. The summed E-state index contributed by atoms with van der Waals surface area (Å²) in [6.45, 7) is 2.89. The number of hydrogen-bond acceptors (Lipinski definition) is 3. The largest absolute Gasteiger partial charge is 0.328 e. The summed E-state index contributed by atoms with van der Waals surface area (Å²) in [7, 11) is 0. The molecular weight excluding hydrogens is 336 g/mol. The van der Waals surface area contributed by atoms with Crippen LogP contribution < -0.4 is 11.1 Å². The van der Waals surface area contributed by atoms with Crippen molar-refractivity contribution in [1.29, 1.82) is 0 Å². The number of fused-ring (bicyclic) bond motifs is 3. The predicted octanol–water partition coefficient (Wildman–Crippen LogP) is 4.04. The molecule has 0 aliphatic carbocycles. The van der Waals surface area contributed by atoms with Crippen LogP contribution >= 0.6 is 0 Å². The van der Waals surface area contributed by atoms with Crippen molar-refractivity contribution < 1.29 is 4.79 Å². The first-order chi connectivity index (χ1) is 13.1. The minimum atomic E-state index is -0.335. The lowest BCUT2D eigenvalue weighted by atomic mass is 9.94. The van der Waals surface area contributed by atoms with E-state index in [-0.39, 0.29) is 17.9 Å². The summed E-state index contributed by atoms with van der Waals surface area (Å²) in [6, 6.07) is 15.4. The average molecular weight is 362 g/mol. The van der Waals surface area contributed by atoms with Gasteiger partial charge in [0, 0.05) is 24.7 Å². The lowest BCUT2D eigenvalue weighted by molar-refractivity contribution is -0.120. The first kappa shape index (κ1) is 17.7. The number of nitrogens with two attached hydrogens (primary N) is 1. The maximum Gasteiger partial charge on any atom is 0.229 e. The molecule has 2 unspecified atom stereocenters. The fraction of sp³-hybridized carbons (Fsp3) is 0.364. The minimum absolute atomic E-state index is 0.0773. The van der Waals surface area contributed by atoms with Gasteiger partial charge in [-0.25, -0.2) is 4.98 Å². The molecule has 27 heavy (non-hydrogen) atoms. The van der Waals surface area contributed by atoms with E-state index in [1.807, 2.05) is 49.4 Å². The Balaban J connectivity index is 1.52. The Labute approximate surface area is 159 Å². The van der Waals surface area contributed by atoms with E-state index in [1.54, 1.807) is 0 Å². The smallest absolute Gasteiger partial charge is 0.229 e. The van der Waals surface area contributed by atoms with Crippen molar-refractivity contribution in [1.82, 2.24) is 9.55 Å². The molecule has 5 heteroatoms. The molecule has 0 saturated carbocycles. The van der Waals surface area contributed by atoms with Crippen LogP contribution in [0, 0.1) is 5.92 Å². The molecule has 2 heterocycles. The lowest BCUT2D eigenvalue weighted by Gasteiger charge is -2.19. The quantitative estimate of drug-likeness (QED) is 0.736. The molecule has 4 rings (SSSR count). The number of hydrogen-bond donors (Lipinski definition) is 2. The molecule has 3 aromatic rings. The highest BCUT2D eigenvalue weighted by Crippen LogP contribution is 2.26. The predicted molar refractivity (Wildman–Crippen MR) is 108 cm³/mol. The van der Waals surface area contributed by atoms with E-state index in [1.165, 1.54) is 19.3 Å². The normalized spacial score (nSPS) is 16.4. The summed E-state index contributed by atoms with van der Waals surface area (Å²) in [5, 5.41) is 3.01. The van der Waals surface area contributed by atoms with Crippen molar-refractivity contribution in [3.05, 3.63) is 59.9 Å². The van der Waals surface area contributed by atoms with E-state index >= 15 is 0 Å². The van der Waals surface area contributed by atoms with Gasteiger partial charge in [0.15, 0.2) is 0 Å². The second kappa shape index (κ2) is 7.53. The van der Waals surface area contributed by atoms with Gasteiger partial charge in [0.1, 0.15) is 5.82 Å². The molecule has 2 aromatic carbocycles. The Bertz CT molecular complexity index is 948. The van der Waals surface area contributed by atoms with Crippen LogP contribution in [-0.4, -0.2) is 15.5 Å². The second-order valence-corrected chi connectivity index (χ2v) is 7.41. The summed E-state index contributed by atoms with van der Waals surface area (Å²) >= 11 is 0. The van der Waals surface area contributed by atoms with Gasteiger partial charge in [-0.05, 0) is 36.6 Å². The van der Waals surface area contributed by atoms with Gasteiger partial charge in [0.2, 0.25) is 5.91 Å². The van der Waals surface area contributed by atoms with Crippen molar-refractivity contribution in [3.8, 4) is 0 Å². The highest BCUT2D eigenvalue weighted by Gasteiger charge is 2.22. The van der Waals surface area contributed by atoms with Gasteiger partial charge in [-0.1, -0.05) is 43.7 Å². The Kier molecular flexibility index (Phi) is 4.94. The van der Waals surface area contributed by atoms with Crippen molar-refractivity contribution in [2.24, 2.45) is 11.7 Å². The molecule has 0 radical (unpaired) electrons. The van der Waals surface area contributed by atoms with E-state index in [0.29, 0.717) is 0 Å². The van der Waals surface area contributed by atoms with Gasteiger partial charge in [-0.2, -0.15) is 0 Å². The zero-order chi connectivity index (χ0) is 18.8. The Hall–Kier alpha value is -2.66.